The van der Waals surface area contributed by atoms with Gasteiger partial charge in [-0.05, 0) is 37.7 Å². The van der Waals surface area contributed by atoms with Gasteiger partial charge >= 0.3 is 0 Å². The number of para-hydroxylation sites is 2. The maximum Gasteiger partial charge on any atom is 0.191 e. The fourth-order valence-electron chi connectivity index (χ4n) is 2.70. The minimum absolute atomic E-state index is 0.00499. The molecular formula is C17H25N3O2S. The van der Waals surface area contributed by atoms with E-state index in [1.54, 1.807) is 0 Å². The van der Waals surface area contributed by atoms with E-state index in [1.807, 2.05) is 36.0 Å². The standard InChI is InChI=1S/C17H25N3O2S/c1-2-18-17(20-11-14-6-5-9-23-14)19-10-13-12-21-15-7-3-4-8-16(15)22-13/h3-4,7-8,13-14H,2,5-6,9-12H2,1H3,(H2,18,19,20). The second-order valence-corrected chi connectivity index (χ2v) is 7.14. The van der Waals surface area contributed by atoms with Gasteiger partial charge in [0.1, 0.15) is 12.7 Å². The summed E-state index contributed by atoms with van der Waals surface area (Å²) in [6.45, 7) is 5.05. The van der Waals surface area contributed by atoms with Crippen LogP contribution in [0.5, 0.6) is 11.5 Å². The fraction of sp³-hybridized carbons (Fsp3) is 0.588. The SMILES string of the molecule is CCNC(=NCC1CCCS1)NCC1COc2ccccc2O1. The van der Waals surface area contributed by atoms with E-state index in [0.717, 1.165) is 30.5 Å². The molecule has 126 valence electrons. The quantitative estimate of drug-likeness (QED) is 0.639. The predicted octanol–water partition coefficient (Wildman–Crippen LogP) is 2.28. The summed E-state index contributed by atoms with van der Waals surface area (Å²) in [5.41, 5.74) is 0. The molecule has 2 aliphatic heterocycles. The number of rotatable bonds is 5. The van der Waals surface area contributed by atoms with Crippen LogP contribution in [0, 0.1) is 0 Å². The lowest BCUT2D eigenvalue weighted by atomic mass is 10.2. The van der Waals surface area contributed by atoms with E-state index in [9.17, 15) is 0 Å². The van der Waals surface area contributed by atoms with Gasteiger partial charge < -0.3 is 20.1 Å². The number of thioether (sulfide) groups is 1. The number of nitrogens with one attached hydrogen (secondary N) is 2. The molecule has 1 fully saturated rings. The van der Waals surface area contributed by atoms with Gasteiger partial charge in [-0.15, -0.1) is 0 Å². The third kappa shape index (κ3) is 4.70. The van der Waals surface area contributed by atoms with E-state index in [4.69, 9.17) is 14.5 Å². The third-order valence-electron chi connectivity index (χ3n) is 3.89. The van der Waals surface area contributed by atoms with Crippen molar-refractivity contribution in [1.29, 1.82) is 0 Å². The number of hydrogen-bond donors (Lipinski definition) is 2. The van der Waals surface area contributed by atoms with Gasteiger partial charge in [0.15, 0.2) is 17.5 Å². The second-order valence-electron chi connectivity index (χ2n) is 5.73. The molecule has 1 saturated heterocycles. The first-order valence-corrected chi connectivity index (χ1v) is 9.42. The van der Waals surface area contributed by atoms with Gasteiger partial charge in [-0.25, -0.2) is 0 Å². The molecule has 0 amide bonds. The maximum atomic E-state index is 5.96. The molecule has 2 heterocycles. The number of benzene rings is 1. The molecule has 5 nitrogen and oxygen atoms in total. The normalized spacial score (nSPS) is 23.6. The van der Waals surface area contributed by atoms with E-state index in [1.165, 1.54) is 18.6 Å². The summed E-state index contributed by atoms with van der Waals surface area (Å²) in [6, 6.07) is 7.79. The number of nitrogens with zero attached hydrogens (tertiary/aromatic N) is 1. The summed E-state index contributed by atoms with van der Waals surface area (Å²) in [7, 11) is 0. The fourth-order valence-corrected chi connectivity index (χ4v) is 3.88. The lowest BCUT2D eigenvalue weighted by Crippen LogP contribution is -2.45. The van der Waals surface area contributed by atoms with Gasteiger partial charge in [-0.1, -0.05) is 12.1 Å². The summed E-state index contributed by atoms with van der Waals surface area (Å²) in [6.07, 6.45) is 2.60. The van der Waals surface area contributed by atoms with Crippen LogP contribution >= 0.6 is 11.8 Å². The number of fused-ring (bicyclic) bond motifs is 1. The predicted molar refractivity (Wildman–Crippen MR) is 95.8 cm³/mol. The highest BCUT2D eigenvalue weighted by atomic mass is 32.2. The molecule has 1 aromatic carbocycles. The minimum Gasteiger partial charge on any atom is -0.486 e. The van der Waals surface area contributed by atoms with Crippen molar-refractivity contribution in [3.63, 3.8) is 0 Å². The molecule has 2 unspecified atom stereocenters. The van der Waals surface area contributed by atoms with Crippen LogP contribution in [0.25, 0.3) is 0 Å². The van der Waals surface area contributed by atoms with Gasteiger partial charge in [0, 0.05) is 11.8 Å². The van der Waals surface area contributed by atoms with Crippen LogP contribution in [0.1, 0.15) is 19.8 Å². The highest BCUT2D eigenvalue weighted by Gasteiger charge is 2.21. The molecule has 0 aliphatic carbocycles. The monoisotopic (exact) mass is 335 g/mol. The van der Waals surface area contributed by atoms with Crippen molar-refractivity contribution in [3.05, 3.63) is 24.3 Å². The van der Waals surface area contributed by atoms with E-state index >= 15 is 0 Å². The van der Waals surface area contributed by atoms with Crippen molar-refractivity contribution in [3.8, 4) is 11.5 Å². The van der Waals surface area contributed by atoms with E-state index in [2.05, 4.69) is 17.6 Å². The Kier molecular flexibility index (Phi) is 5.91. The highest BCUT2D eigenvalue weighted by molar-refractivity contribution is 8.00. The third-order valence-corrected chi connectivity index (χ3v) is 5.27. The summed E-state index contributed by atoms with van der Waals surface area (Å²) in [5.74, 6) is 3.77. The molecule has 6 heteroatoms. The zero-order chi connectivity index (χ0) is 15.9. The molecule has 0 saturated carbocycles. The van der Waals surface area contributed by atoms with Crippen molar-refractivity contribution in [1.82, 2.24) is 10.6 Å². The number of guanidine groups is 1. The van der Waals surface area contributed by atoms with Crippen LogP contribution in [-0.4, -0.2) is 49.3 Å². The molecule has 0 bridgehead atoms. The van der Waals surface area contributed by atoms with Crippen LogP contribution in [0.4, 0.5) is 0 Å². The Hall–Kier alpha value is -1.56. The molecule has 2 aliphatic rings. The van der Waals surface area contributed by atoms with E-state index in [0.29, 0.717) is 18.4 Å². The Labute approximate surface area is 142 Å². The van der Waals surface area contributed by atoms with Crippen LogP contribution < -0.4 is 20.1 Å². The largest absolute Gasteiger partial charge is 0.486 e. The van der Waals surface area contributed by atoms with Crippen molar-refractivity contribution < 1.29 is 9.47 Å². The molecular weight excluding hydrogens is 310 g/mol. The zero-order valence-corrected chi connectivity index (χ0v) is 14.4. The Morgan fingerprint density at radius 1 is 1.30 bits per heavy atom. The average Bonchev–Trinajstić information content (AvgIpc) is 3.11. The molecule has 0 radical (unpaired) electrons. The molecule has 3 rings (SSSR count). The first-order valence-electron chi connectivity index (χ1n) is 8.37. The molecule has 1 aromatic rings. The zero-order valence-electron chi connectivity index (χ0n) is 13.6. The van der Waals surface area contributed by atoms with Crippen molar-refractivity contribution in [2.24, 2.45) is 4.99 Å². The summed E-state index contributed by atoms with van der Waals surface area (Å²) < 4.78 is 11.7. The van der Waals surface area contributed by atoms with Crippen LogP contribution in [0.15, 0.2) is 29.3 Å². The first kappa shape index (κ1) is 16.3. The van der Waals surface area contributed by atoms with Gasteiger partial charge in [0.25, 0.3) is 0 Å². The summed E-state index contributed by atoms with van der Waals surface area (Å²) in [4.78, 5) is 4.70. The van der Waals surface area contributed by atoms with Crippen molar-refractivity contribution >= 4 is 17.7 Å². The summed E-state index contributed by atoms with van der Waals surface area (Å²) in [5, 5.41) is 7.34. The Morgan fingerprint density at radius 2 is 2.17 bits per heavy atom. The molecule has 2 N–H and O–H groups in total. The topological polar surface area (TPSA) is 54.9 Å². The van der Waals surface area contributed by atoms with Gasteiger partial charge in [0.05, 0.1) is 13.1 Å². The van der Waals surface area contributed by atoms with E-state index in [-0.39, 0.29) is 6.10 Å². The van der Waals surface area contributed by atoms with Crippen LogP contribution in [-0.2, 0) is 0 Å². The number of hydrogen-bond acceptors (Lipinski definition) is 4. The molecule has 2 atom stereocenters. The van der Waals surface area contributed by atoms with Crippen molar-refractivity contribution in [2.75, 3.05) is 32.0 Å². The van der Waals surface area contributed by atoms with Gasteiger partial charge in [0.2, 0.25) is 0 Å². The Morgan fingerprint density at radius 3 is 2.96 bits per heavy atom. The number of aliphatic imine (C=N–C) groups is 1. The average molecular weight is 335 g/mol. The Bertz CT molecular complexity index is 532. The smallest absolute Gasteiger partial charge is 0.191 e. The minimum atomic E-state index is -0.00499. The lowest BCUT2D eigenvalue weighted by Gasteiger charge is -2.27. The van der Waals surface area contributed by atoms with Gasteiger partial charge in [-0.3, -0.25) is 4.99 Å². The first-order chi connectivity index (χ1) is 11.3. The van der Waals surface area contributed by atoms with E-state index < -0.39 is 0 Å². The molecule has 0 aromatic heterocycles. The number of ether oxygens (including phenoxy) is 2. The van der Waals surface area contributed by atoms with Crippen LogP contribution in [0.3, 0.4) is 0 Å². The molecule has 0 spiro atoms. The Balaban J connectivity index is 1.49. The maximum absolute atomic E-state index is 5.96. The van der Waals surface area contributed by atoms with Crippen LogP contribution in [0.2, 0.25) is 0 Å². The lowest BCUT2D eigenvalue weighted by molar-refractivity contribution is 0.0936. The second kappa shape index (κ2) is 8.34. The molecule has 23 heavy (non-hydrogen) atoms. The van der Waals surface area contributed by atoms with Gasteiger partial charge in [-0.2, -0.15) is 11.8 Å². The highest BCUT2D eigenvalue weighted by Crippen LogP contribution is 2.30. The van der Waals surface area contributed by atoms with Crippen molar-refractivity contribution in [2.45, 2.75) is 31.1 Å². The summed E-state index contributed by atoms with van der Waals surface area (Å²) >= 11 is 2.03.